The minimum absolute atomic E-state index is 0.245. The van der Waals surface area contributed by atoms with Gasteiger partial charge in [0.15, 0.2) is 0 Å². The number of likely N-dealkylation sites (N-methyl/N-ethyl adjacent to an activating group) is 1. The third-order valence-electron chi connectivity index (χ3n) is 4.19. The van der Waals surface area contributed by atoms with Crippen molar-refractivity contribution in [2.75, 3.05) is 19.6 Å². The second-order valence-electron chi connectivity index (χ2n) is 5.68. The number of hydrogen-bond acceptors (Lipinski definition) is 2. The van der Waals surface area contributed by atoms with Gasteiger partial charge < -0.3 is 10.2 Å². The van der Waals surface area contributed by atoms with Crippen LogP contribution in [-0.2, 0) is 11.2 Å². The molecule has 1 saturated heterocycles. The Bertz CT molecular complexity index is 438. The standard InChI is InChI=1S/C17H26N2O/c1-3-19(13-16-10-6-7-11-18-16)17(20)12-15-9-5-4-8-14(15)2/h4-5,8-9,16,18H,3,6-7,10-13H2,1-2H3. The van der Waals surface area contributed by atoms with E-state index in [0.717, 1.165) is 25.2 Å². The summed E-state index contributed by atoms with van der Waals surface area (Å²) < 4.78 is 0. The van der Waals surface area contributed by atoms with E-state index in [1.165, 1.54) is 24.8 Å². The van der Waals surface area contributed by atoms with E-state index in [4.69, 9.17) is 0 Å². The second-order valence-corrected chi connectivity index (χ2v) is 5.68. The largest absolute Gasteiger partial charge is 0.341 e. The molecule has 0 bridgehead atoms. The normalized spacial score (nSPS) is 18.8. The zero-order chi connectivity index (χ0) is 14.4. The summed E-state index contributed by atoms with van der Waals surface area (Å²) in [5.74, 6) is 0.245. The predicted molar refractivity (Wildman–Crippen MR) is 82.8 cm³/mol. The Balaban J connectivity index is 1.93. The van der Waals surface area contributed by atoms with Gasteiger partial charge >= 0.3 is 0 Å². The van der Waals surface area contributed by atoms with Crippen LogP contribution in [0.4, 0.5) is 0 Å². The van der Waals surface area contributed by atoms with Crippen LogP contribution >= 0.6 is 0 Å². The van der Waals surface area contributed by atoms with Gasteiger partial charge in [0, 0.05) is 19.1 Å². The van der Waals surface area contributed by atoms with Crippen LogP contribution in [0.15, 0.2) is 24.3 Å². The van der Waals surface area contributed by atoms with Gasteiger partial charge in [-0.2, -0.15) is 0 Å². The Labute approximate surface area is 122 Å². The van der Waals surface area contributed by atoms with Gasteiger partial charge in [-0.05, 0) is 44.4 Å². The highest BCUT2D eigenvalue weighted by Crippen LogP contribution is 2.12. The zero-order valence-corrected chi connectivity index (χ0v) is 12.7. The van der Waals surface area contributed by atoms with Crippen molar-refractivity contribution in [1.29, 1.82) is 0 Å². The summed E-state index contributed by atoms with van der Waals surface area (Å²) in [6.07, 6.45) is 4.25. The SMILES string of the molecule is CCN(CC1CCCCN1)C(=O)Cc1ccccc1C. The molecule has 20 heavy (non-hydrogen) atoms. The average molecular weight is 274 g/mol. The molecule has 0 radical (unpaired) electrons. The van der Waals surface area contributed by atoms with E-state index in [2.05, 4.69) is 31.3 Å². The molecule has 3 heteroatoms. The van der Waals surface area contributed by atoms with Gasteiger partial charge in [0.05, 0.1) is 6.42 Å². The summed E-state index contributed by atoms with van der Waals surface area (Å²) in [5.41, 5.74) is 2.35. The monoisotopic (exact) mass is 274 g/mol. The lowest BCUT2D eigenvalue weighted by Crippen LogP contribution is -2.46. The van der Waals surface area contributed by atoms with Gasteiger partial charge in [-0.15, -0.1) is 0 Å². The Hall–Kier alpha value is -1.35. The lowest BCUT2D eigenvalue weighted by molar-refractivity contribution is -0.130. The lowest BCUT2D eigenvalue weighted by Gasteiger charge is -2.30. The first kappa shape index (κ1) is 15.0. The minimum atomic E-state index is 0.245. The summed E-state index contributed by atoms with van der Waals surface area (Å²) >= 11 is 0. The van der Waals surface area contributed by atoms with Crippen molar-refractivity contribution in [3.63, 3.8) is 0 Å². The minimum Gasteiger partial charge on any atom is -0.341 e. The number of carbonyl (C=O) groups is 1. The predicted octanol–water partition coefficient (Wildman–Crippen LogP) is 2.53. The Morgan fingerprint density at radius 3 is 2.80 bits per heavy atom. The Morgan fingerprint density at radius 2 is 2.15 bits per heavy atom. The number of aryl methyl sites for hydroxylation is 1. The summed E-state index contributed by atoms with van der Waals surface area (Å²) in [6.45, 7) is 6.87. The van der Waals surface area contributed by atoms with Crippen molar-refractivity contribution in [2.45, 2.75) is 45.6 Å². The van der Waals surface area contributed by atoms with Crippen LogP contribution in [0.1, 0.15) is 37.3 Å². The lowest BCUT2D eigenvalue weighted by atomic mass is 10.0. The van der Waals surface area contributed by atoms with Crippen LogP contribution in [0.2, 0.25) is 0 Å². The zero-order valence-electron chi connectivity index (χ0n) is 12.7. The maximum absolute atomic E-state index is 12.5. The molecule has 1 aliphatic heterocycles. The van der Waals surface area contributed by atoms with E-state index < -0.39 is 0 Å². The summed E-state index contributed by atoms with van der Waals surface area (Å²) in [5, 5.41) is 3.52. The molecular weight excluding hydrogens is 248 g/mol. The molecule has 1 amide bonds. The highest BCUT2D eigenvalue weighted by atomic mass is 16.2. The molecule has 1 heterocycles. The van der Waals surface area contributed by atoms with Crippen LogP contribution in [0, 0.1) is 6.92 Å². The van der Waals surface area contributed by atoms with E-state index >= 15 is 0 Å². The first-order chi connectivity index (χ1) is 9.70. The van der Waals surface area contributed by atoms with Gasteiger partial charge in [-0.25, -0.2) is 0 Å². The molecule has 0 saturated carbocycles. The van der Waals surface area contributed by atoms with Crippen LogP contribution in [0.5, 0.6) is 0 Å². The molecule has 0 spiro atoms. The number of nitrogens with one attached hydrogen (secondary N) is 1. The number of hydrogen-bond donors (Lipinski definition) is 1. The molecule has 1 aromatic rings. The van der Waals surface area contributed by atoms with Crippen molar-refractivity contribution in [2.24, 2.45) is 0 Å². The molecule has 110 valence electrons. The van der Waals surface area contributed by atoms with Crippen LogP contribution in [0.25, 0.3) is 0 Å². The molecule has 1 atom stereocenters. The molecule has 1 fully saturated rings. The molecule has 0 aliphatic carbocycles. The fraction of sp³-hybridized carbons (Fsp3) is 0.588. The summed E-state index contributed by atoms with van der Waals surface area (Å²) in [7, 11) is 0. The Kier molecular flexibility index (Phi) is 5.60. The maximum atomic E-state index is 12.5. The Morgan fingerprint density at radius 1 is 1.35 bits per heavy atom. The number of carbonyl (C=O) groups excluding carboxylic acids is 1. The van der Waals surface area contributed by atoms with Crippen molar-refractivity contribution < 1.29 is 4.79 Å². The molecule has 2 rings (SSSR count). The van der Waals surface area contributed by atoms with Crippen LogP contribution in [0.3, 0.4) is 0 Å². The number of benzene rings is 1. The molecule has 1 aromatic carbocycles. The van der Waals surface area contributed by atoms with E-state index in [0.29, 0.717) is 12.5 Å². The third kappa shape index (κ3) is 4.07. The molecular formula is C17H26N2O. The number of nitrogens with zero attached hydrogens (tertiary/aromatic N) is 1. The maximum Gasteiger partial charge on any atom is 0.227 e. The fourth-order valence-corrected chi connectivity index (χ4v) is 2.84. The smallest absolute Gasteiger partial charge is 0.227 e. The van der Waals surface area contributed by atoms with E-state index in [-0.39, 0.29) is 5.91 Å². The summed E-state index contributed by atoms with van der Waals surface area (Å²) in [6, 6.07) is 8.63. The number of rotatable bonds is 5. The van der Waals surface area contributed by atoms with E-state index in [9.17, 15) is 4.79 Å². The first-order valence-electron chi connectivity index (χ1n) is 7.76. The fourth-order valence-electron chi connectivity index (χ4n) is 2.84. The van der Waals surface area contributed by atoms with Crippen LogP contribution < -0.4 is 5.32 Å². The number of piperidine rings is 1. The molecule has 1 N–H and O–H groups in total. The van der Waals surface area contributed by atoms with Crippen molar-refractivity contribution in [3.05, 3.63) is 35.4 Å². The van der Waals surface area contributed by atoms with Gasteiger partial charge in [0.1, 0.15) is 0 Å². The quantitative estimate of drug-likeness (QED) is 0.895. The van der Waals surface area contributed by atoms with Crippen molar-refractivity contribution in [3.8, 4) is 0 Å². The molecule has 3 nitrogen and oxygen atoms in total. The topological polar surface area (TPSA) is 32.3 Å². The first-order valence-corrected chi connectivity index (χ1v) is 7.76. The van der Waals surface area contributed by atoms with E-state index in [1.54, 1.807) is 0 Å². The van der Waals surface area contributed by atoms with Gasteiger partial charge in [-0.3, -0.25) is 4.79 Å². The van der Waals surface area contributed by atoms with Gasteiger partial charge in [0.25, 0.3) is 0 Å². The number of amides is 1. The third-order valence-corrected chi connectivity index (χ3v) is 4.19. The van der Waals surface area contributed by atoms with Crippen molar-refractivity contribution in [1.82, 2.24) is 10.2 Å². The molecule has 0 aromatic heterocycles. The van der Waals surface area contributed by atoms with Gasteiger partial charge in [-0.1, -0.05) is 30.7 Å². The highest BCUT2D eigenvalue weighted by Gasteiger charge is 2.19. The molecule has 1 unspecified atom stereocenters. The highest BCUT2D eigenvalue weighted by molar-refractivity contribution is 5.79. The van der Waals surface area contributed by atoms with E-state index in [1.807, 2.05) is 17.0 Å². The summed E-state index contributed by atoms with van der Waals surface area (Å²) in [4.78, 5) is 14.5. The van der Waals surface area contributed by atoms with Crippen molar-refractivity contribution >= 4 is 5.91 Å². The van der Waals surface area contributed by atoms with Crippen LogP contribution in [-0.4, -0.2) is 36.5 Å². The average Bonchev–Trinajstić information content (AvgIpc) is 2.48. The second kappa shape index (κ2) is 7.44. The van der Waals surface area contributed by atoms with Gasteiger partial charge in [0.2, 0.25) is 5.91 Å². The molecule has 1 aliphatic rings.